The van der Waals surface area contributed by atoms with Crippen LogP contribution >= 0.6 is 0 Å². The van der Waals surface area contributed by atoms with Gasteiger partial charge < -0.3 is 5.32 Å². The Hall–Kier alpha value is -0.0800. The molecule has 2 bridgehead atoms. The first kappa shape index (κ1) is 4.77. The number of hydrogen-bond acceptors (Lipinski definition) is 1. The molecule has 2 unspecified atom stereocenters. The molecule has 2 fully saturated rings. The van der Waals surface area contributed by atoms with Gasteiger partial charge in [0.2, 0.25) is 0 Å². The normalized spacial score (nSPS) is 46.1. The van der Waals surface area contributed by atoms with E-state index in [0.29, 0.717) is 0 Å². The summed E-state index contributed by atoms with van der Waals surface area (Å²) < 4.78 is 0. The third-order valence-corrected chi connectivity index (χ3v) is 2.46. The molecule has 2 aliphatic rings. The van der Waals surface area contributed by atoms with E-state index in [0.717, 1.165) is 12.1 Å². The number of likely N-dealkylation sites (tertiary alicyclic amines) is 1. The lowest BCUT2D eigenvalue weighted by atomic mass is 10.2. The van der Waals surface area contributed by atoms with Crippen molar-refractivity contribution in [3.63, 3.8) is 0 Å². The van der Waals surface area contributed by atoms with Crippen molar-refractivity contribution >= 4 is 0 Å². The van der Waals surface area contributed by atoms with Crippen molar-refractivity contribution in [3.05, 3.63) is 0 Å². The second kappa shape index (κ2) is 1.45. The van der Waals surface area contributed by atoms with Crippen LogP contribution in [0.15, 0.2) is 0 Å². The van der Waals surface area contributed by atoms with E-state index < -0.39 is 0 Å². The standard InChI is InChI=1S/C6H12N2/c1-8-4-5-2-6(8)3-7-5/h5-7H,2-4H2,1H3/p+1. The number of likely N-dealkylation sites (N-methyl/N-ethyl adjacent to an activating group) is 1. The topological polar surface area (TPSA) is 19.9 Å². The highest BCUT2D eigenvalue weighted by molar-refractivity contribution is 4.85. The predicted molar refractivity (Wildman–Crippen MR) is 31.6 cm³/mol. The van der Waals surface area contributed by atoms with Gasteiger partial charge in [-0.2, -0.15) is 0 Å². The number of quaternary nitrogens is 1. The molecule has 2 heterocycles. The van der Waals surface area contributed by atoms with Crippen LogP contribution in [0, 0.1) is 0 Å². The average molecular weight is 113 g/mol. The van der Waals surface area contributed by atoms with Crippen LogP contribution in [0.1, 0.15) is 6.42 Å². The Morgan fingerprint density at radius 2 is 2.50 bits per heavy atom. The van der Waals surface area contributed by atoms with E-state index >= 15 is 0 Å². The summed E-state index contributed by atoms with van der Waals surface area (Å²) in [5.74, 6) is 0. The van der Waals surface area contributed by atoms with Gasteiger partial charge in [0.25, 0.3) is 0 Å². The first-order valence-electron chi connectivity index (χ1n) is 3.40. The zero-order valence-corrected chi connectivity index (χ0v) is 5.30. The highest BCUT2D eigenvalue weighted by Gasteiger charge is 2.38. The molecule has 2 nitrogen and oxygen atoms in total. The second-order valence-electron chi connectivity index (χ2n) is 3.06. The number of nitrogens with zero attached hydrogens (tertiary/aromatic N) is 1. The second-order valence-corrected chi connectivity index (χ2v) is 3.06. The Morgan fingerprint density at radius 3 is 2.75 bits per heavy atom. The number of nitrogens with two attached hydrogens (primary N) is 1. The summed E-state index contributed by atoms with van der Waals surface area (Å²) in [6.45, 7) is 2.67. The molecular weight excluding hydrogens is 100 g/mol. The van der Waals surface area contributed by atoms with E-state index in [1.54, 1.807) is 0 Å². The maximum Gasteiger partial charge on any atom is 0.101 e. The molecule has 0 aromatic heterocycles. The molecule has 0 spiro atoms. The zero-order chi connectivity index (χ0) is 5.56. The van der Waals surface area contributed by atoms with Crippen molar-refractivity contribution < 1.29 is 5.32 Å². The van der Waals surface area contributed by atoms with Crippen molar-refractivity contribution in [1.82, 2.24) is 4.90 Å². The summed E-state index contributed by atoms with van der Waals surface area (Å²) >= 11 is 0. The van der Waals surface area contributed by atoms with Crippen LogP contribution in [-0.2, 0) is 0 Å². The number of piperazine rings is 1. The van der Waals surface area contributed by atoms with Gasteiger partial charge in [0.05, 0.1) is 19.1 Å². The van der Waals surface area contributed by atoms with Crippen LogP contribution in [0.25, 0.3) is 0 Å². The lowest BCUT2D eigenvalue weighted by Gasteiger charge is -2.18. The fourth-order valence-corrected chi connectivity index (χ4v) is 1.92. The third-order valence-electron chi connectivity index (χ3n) is 2.46. The van der Waals surface area contributed by atoms with Gasteiger partial charge in [0.1, 0.15) is 6.04 Å². The SMILES string of the molecule is CN1CC2CC1C[NH2+]2. The largest absolute Gasteiger partial charge is 0.341 e. The summed E-state index contributed by atoms with van der Waals surface area (Å²) in [5, 5.41) is 2.48. The van der Waals surface area contributed by atoms with E-state index in [-0.39, 0.29) is 0 Å². The van der Waals surface area contributed by atoms with Gasteiger partial charge in [-0.05, 0) is 7.05 Å². The fraction of sp³-hybridized carbons (Fsp3) is 1.00. The van der Waals surface area contributed by atoms with Crippen molar-refractivity contribution in [3.8, 4) is 0 Å². The van der Waals surface area contributed by atoms with Gasteiger partial charge in [-0.25, -0.2) is 0 Å². The number of rotatable bonds is 0. The molecule has 8 heavy (non-hydrogen) atoms. The molecule has 0 amide bonds. The molecule has 2 aliphatic heterocycles. The maximum atomic E-state index is 2.48. The van der Waals surface area contributed by atoms with Crippen molar-refractivity contribution in [2.24, 2.45) is 0 Å². The van der Waals surface area contributed by atoms with Gasteiger partial charge in [0, 0.05) is 6.42 Å². The Kier molecular flexibility index (Phi) is 0.866. The molecule has 2 heteroatoms. The van der Waals surface area contributed by atoms with E-state index in [1.165, 1.54) is 19.5 Å². The molecule has 2 saturated heterocycles. The van der Waals surface area contributed by atoms with E-state index in [4.69, 9.17) is 0 Å². The molecule has 2 rings (SSSR count). The van der Waals surface area contributed by atoms with Crippen LogP contribution in [0.3, 0.4) is 0 Å². The van der Waals surface area contributed by atoms with Gasteiger partial charge in [-0.15, -0.1) is 0 Å². The van der Waals surface area contributed by atoms with Crippen LogP contribution in [0.2, 0.25) is 0 Å². The lowest BCUT2D eigenvalue weighted by Crippen LogP contribution is -2.90. The summed E-state index contributed by atoms with van der Waals surface area (Å²) in [6.07, 6.45) is 1.44. The summed E-state index contributed by atoms with van der Waals surface area (Å²) in [5.41, 5.74) is 0. The van der Waals surface area contributed by atoms with Gasteiger partial charge >= 0.3 is 0 Å². The monoisotopic (exact) mass is 113 g/mol. The van der Waals surface area contributed by atoms with Crippen LogP contribution in [0.5, 0.6) is 0 Å². The summed E-state index contributed by atoms with van der Waals surface area (Å²) in [6, 6.07) is 1.87. The van der Waals surface area contributed by atoms with Gasteiger partial charge in [-0.3, -0.25) is 4.90 Å². The van der Waals surface area contributed by atoms with E-state index in [1.807, 2.05) is 0 Å². The lowest BCUT2D eigenvalue weighted by molar-refractivity contribution is -0.677. The molecular formula is C6H13N2+. The highest BCUT2D eigenvalue weighted by Crippen LogP contribution is 2.15. The first-order valence-corrected chi connectivity index (χ1v) is 3.40. The van der Waals surface area contributed by atoms with Crippen LogP contribution in [0.4, 0.5) is 0 Å². The molecule has 2 N–H and O–H groups in total. The fourth-order valence-electron chi connectivity index (χ4n) is 1.92. The molecule has 0 aliphatic carbocycles. The van der Waals surface area contributed by atoms with Gasteiger partial charge in [0.15, 0.2) is 0 Å². The Bertz CT molecular complexity index is 101. The van der Waals surface area contributed by atoms with E-state index in [9.17, 15) is 0 Å². The molecule has 0 radical (unpaired) electrons. The third kappa shape index (κ3) is 0.501. The van der Waals surface area contributed by atoms with E-state index in [2.05, 4.69) is 17.3 Å². The highest BCUT2D eigenvalue weighted by atomic mass is 15.3. The zero-order valence-electron chi connectivity index (χ0n) is 5.30. The smallest absolute Gasteiger partial charge is 0.101 e. The molecule has 46 valence electrons. The average Bonchev–Trinajstić information content (AvgIpc) is 2.23. The van der Waals surface area contributed by atoms with Crippen LogP contribution in [-0.4, -0.2) is 37.1 Å². The predicted octanol–water partition coefficient (Wildman–Crippen LogP) is -1.36. The Balaban J connectivity index is 2.11. The van der Waals surface area contributed by atoms with Crippen LogP contribution < -0.4 is 5.32 Å². The van der Waals surface area contributed by atoms with Crippen molar-refractivity contribution in [2.75, 3.05) is 20.1 Å². The quantitative estimate of drug-likeness (QED) is 0.411. The summed E-state index contributed by atoms with van der Waals surface area (Å²) in [4.78, 5) is 2.48. The Labute approximate surface area is 49.9 Å². The van der Waals surface area contributed by atoms with Crippen molar-refractivity contribution in [1.29, 1.82) is 0 Å². The van der Waals surface area contributed by atoms with Gasteiger partial charge in [-0.1, -0.05) is 0 Å². The minimum Gasteiger partial charge on any atom is -0.341 e. The number of hydrogen-bond donors (Lipinski definition) is 1. The minimum absolute atomic E-state index is 0.917. The first-order chi connectivity index (χ1) is 3.86. The maximum absolute atomic E-state index is 2.48. The summed E-state index contributed by atoms with van der Waals surface area (Å²) in [7, 11) is 2.23. The van der Waals surface area contributed by atoms with Crippen molar-refractivity contribution in [2.45, 2.75) is 18.5 Å². The number of fused-ring (bicyclic) bond motifs is 2. The molecule has 0 aromatic carbocycles. The minimum atomic E-state index is 0.917. The molecule has 2 atom stereocenters. The Morgan fingerprint density at radius 1 is 1.62 bits per heavy atom. The molecule has 0 saturated carbocycles. The molecule has 0 aromatic rings.